The van der Waals surface area contributed by atoms with Crippen molar-refractivity contribution < 1.29 is 4.79 Å². The minimum atomic E-state index is -0.153. The van der Waals surface area contributed by atoms with E-state index >= 15 is 0 Å². The number of nitrogens with one attached hydrogen (secondary N) is 1. The van der Waals surface area contributed by atoms with E-state index in [1.54, 1.807) is 11.6 Å². The van der Waals surface area contributed by atoms with E-state index in [0.29, 0.717) is 12.1 Å². The summed E-state index contributed by atoms with van der Waals surface area (Å²) in [5, 5.41) is 4.10. The third-order valence-electron chi connectivity index (χ3n) is 4.15. The molecule has 1 aliphatic heterocycles. The molecule has 0 spiro atoms. The number of benzene rings is 1. The van der Waals surface area contributed by atoms with Crippen LogP contribution in [0.25, 0.3) is 10.9 Å². The van der Waals surface area contributed by atoms with E-state index in [-0.39, 0.29) is 17.5 Å². The Labute approximate surface area is 123 Å². The van der Waals surface area contributed by atoms with Gasteiger partial charge in [0.2, 0.25) is 0 Å². The van der Waals surface area contributed by atoms with Crippen molar-refractivity contribution >= 4 is 16.8 Å². The molecule has 21 heavy (non-hydrogen) atoms. The van der Waals surface area contributed by atoms with Crippen molar-refractivity contribution in [2.24, 2.45) is 7.05 Å². The molecule has 1 aromatic heterocycles. The number of rotatable bonds is 1. The molecular formula is C16H19N3O2. The Hall–Kier alpha value is -2.14. The van der Waals surface area contributed by atoms with Crippen molar-refractivity contribution in [2.75, 3.05) is 19.6 Å². The average Bonchev–Trinajstić information content (AvgIpc) is 2.51. The second-order valence-corrected chi connectivity index (χ2v) is 5.52. The first-order valence-electron chi connectivity index (χ1n) is 7.20. The maximum absolute atomic E-state index is 12.8. The predicted molar refractivity (Wildman–Crippen MR) is 82.6 cm³/mol. The Morgan fingerprint density at radius 3 is 2.86 bits per heavy atom. The van der Waals surface area contributed by atoms with Crippen LogP contribution in [0.4, 0.5) is 0 Å². The number of pyridine rings is 1. The highest BCUT2D eigenvalue weighted by Gasteiger charge is 2.25. The number of para-hydroxylation sites is 1. The van der Waals surface area contributed by atoms with Crippen molar-refractivity contribution in [1.29, 1.82) is 0 Å². The topological polar surface area (TPSA) is 54.3 Å². The molecular weight excluding hydrogens is 266 g/mol. The summed E-state index contributed by atoms with van der Waals surface area (Å²) in [4.78, 5) is 26.8. The first kappa shape index (κ1) is 13.8. The molecule has 5 nitrogen and oxygen atoms in total. The molecule has 1 atom stereocenters. The number of hydrogen-bond donors (Lipinski definition) is 1. The van der Waals surface area contributed by atoms with Crippen LogP contribution >= 0.6 is 0 Å². The second kappa shape index (κ2) is 5.33. The molecule has 0 bridgehead atoms. The van der Waals surface area contributed by atoms with Crippen LogP contribution in [0.1, 0.15) is 17.3 Å². The zero-order valence-electron chi connectivity index (χ0n) is 12.3. The molecule has 2 aromatic rings. The Morgan fingerprint density at radius 2 is 2.10 bits per heavy atom. The van der Waals surface area contributed by atoms with Gasteiger partial charge in [-0.1, -0.05) is 18.2 Å². The van der Waals surface area contributed by atoms with Crippen LogP contribution in [0.3, 0.4) is 0 Å². The summed E-state index contributed by atoms with van der Waals surface area (Å²) in [5.74, 6) is -0.0575. The molecule has 1 fully saturated rings. The summed E-state index contributed by atoms with van der Waals surface area (Å²) in [5.41, 5.74) is 1.14. The standard InChI is InChI=1S/C16H19N3O2/c1-11-10-17-7-8-19(11)16(21)13-9-15(20)18(2)14-6-4-3-5-12(13)14/h3-6,9,11,17H,7-8,10H2,1-2H3/t11-/m0/s1. The predicted octanol–water partition coefficient (Wildman–Crippen LogP) is 0.972. The molecule has 1 amide bonds. The van der Waals surface area contributed by atoms with Gasteiger partial charge in [-0.2, -0.15) is 0 Å². The lowest BCUT2D eigenvalue weighted by atomic mass is 10.1. The first-order chi connectivity index (χ1) is 10.1. The van der Waals surface area contributed by atoms with E-state index in [0.717, 1.165) is 24.0 Å². The van der Waals surface area contributed by atoms with Crippen LogP contribution in [0.15, 0.2) is 35.1 Å². The number of carbonyl (C=O) groups excluding carboxylic acids is 1. The maximum Gasteiger partial charge on any atom is 0.255 e. The molecule has 3 rings (SSSR count). The Morgan fingerprint density at radius 1 is 1.33 bits per heavy atom. The molecule has 0 aliphatic carbocycles. The van der Waals surface area contributed by atoms with Gasteiger partial charge in [-0.25, -0.2) is 0 Å². The van der Waals surface area contributed by atoms with Gasteiger partial charge < -0.3 is 14.8 Å². The summed E-state index contributed by atoms with van der Waals surface area (Å²) < 4.78 is 1.58. The number of piperazine rings is 1. The molecule has 1 N–H and O–H groups in total. The Bertz CT molecular complexity index is 751. The van der Waals surface area contributed by atoms with Crippen molar-refractivity contribution in [1.82, 2.24) is 14.8 Å². The number of aromatic nitrogens is 1. The van der Waals surface area contributed by atoms with Crippen molar-refractivity contribution in [2.45, 2.75) is 13.0 Å². The zero-order valence-corrected chi connectivity index (χ0v) is 12.3. The Balaban J connectivity index is 2.14. The zero-order chi connectivity index (χ0) is 15.0. The number of amides is 1. The molecule has 1 saturated heterocycles. The summed E-state index contributed by atoms with van der Waals surface area (Å²) in [7, 11) is 1.73. The van der Waals surface area contributed by atoms with Gasteiger partial charge in [-0.3, -0.25) is 9.59 Å². The van der Waals surface area contributed by atoms with E-state index in [1.807, 2.05) is 36.1 Å². The molecule has 1 aromatic carbocycles. The molecule has 5 heteroatoms. The van der Waals surface area contributed by atoms with E-state index < -0.39 is 0 Å². The fraction of sp³-hybridized carbons (Fsp3) is 0.375. The van der Waals surface area contributed by atoms with Crippen LogP contribution in [0.2, 0.25) is 0 Å². The van der Waals surface area contributed by atoms with Gasteiger partial charge in [0.25, 0.3) is 11.5 Å². The Kier molecular flexibility index (Phi) is 3.51. The fourth-order valence-corrected chi connectivity index (χ4v) is 2.89. The minimum absolute atomic E-state index is 0.0575. The molecule has 0 saturated carbocycles. The lowest BCUT2D eigenvalue weighted by Gasteiger charge is -2.34. The summed E-state index contributed by atoms with van der Waals surface area (Å²) in [6.07, 6.45) is 0. The fourth-order valence-electron chi connectivity index (χ4n) is 2.89. The van der Waals surface area contributed by atoms with Crippen molar-refractivity contribution in [3.05, 3.63) is 46.2 Å². The van der Waals surface area contributed by atoms with Gasteiger partial charge >= 0.3 is 0 Å². The summed E-state index contributed by atoms with van der Waals surface area (Å²) in [6.45, 7) is 4.27. The van der Waals surface area contributed by atoms with Gasteiger partial charge in [-0.15, -0.1) is 0 Å². The number of nitrogens with zero attached hydrogens (tertiary/aromatic N) is 2. The third-order valence-corrected chi connectivity index (χ3v) is 4.15. The van der Waals surface area contributed by atoms with Gasteiger partial charge in [0.15, 0.2) is 0 Å². The van der Waals surface area contributed by atoms with Crippen LogP contribution in [0, 0.1) is 0 Å². The molecule has 0 unspecified atom stereocenters. The monoisotopic (exact) mass is 285 g/mol. The molecule has 1 aliphatic rings. The molecule has 2 heterocycles. The largest absolute Gasteiger partial charge is 0.333 e. The van der Waals surface area contributed by atoms with E-state index in [9.17, 15) is 9.59 Å². The summed E-state index contributed by atoms with van der Waals surface area (Å²) >= 11 is 0. The van der Waals surface area contributed by atoms with Crippen LogP contribution < -0.4 is 10.9 Å². The van der Waals surface area contributed by atoms with Crippen molar-refractivity contribution in [3.8, 4) is 0 Å². The summed E-state index contributed by atoms with van der Waals surface area (Å²) in [6, 6.07) is 9.13. The number of hydrogen-bond acceptors (Lipinski definition) is 3. The van der Waals surface area contributed by atoms with Gasteiger partial charge in [-0.05, 0) is 13.0 Å². The van der Waals surface area contributed by atoms with Gasteiger partial charge in [0.1, 0.15) is 0 Å². The van der Waals surface area contributed by atoms with Crippen LogP contribution in [0.5, 0.6) is 0 Å². The second-order valence-electron chi connectivity index (χ2n) is 5.52. The SMILES string of the molecule is C[C@H]1CNCCN1C(=O)c1cc(=O)n(C)c2ccccc12. The average molecular weight is 285 g/mol. The van der Waals surface area contributed by atoms with Gasteiger partial charge in [0, 0.05) is 44.2 Å². The highest BCUT2D eigenvalue weighted by atomic mass is 16.2. The quantitative estimate of drug-likeness (QED) is 0.849. The maximum atomic E-state index is 12.8. The minimum Gasteiger partial charge on any atom is -0.333 e. The lowest BCUT2D eigenvalue weighted by molar-refractivity contribution is 0.0657. The van der Waals surface area contributed by atoms with E-state index in [4.69, 9.17) is 0 Å². The first-order valence-corrected chi connectivity index (χ1v) is 7.20. The van der Waals surface area contributed by atoms with Gasteiger partial charge in [0.05, 0.1) is 11.1 Å². The number of aryl methyl sites for hydroxylation is 1. The highest BCUT2D eigenvalue weighted by molar-refractivity contribution is 6.06. The van der Waals surface area contributed by atoms with E-state index in [1.165, 1.54) is 6.07 Å². The molecule has 110 valence electrons. The normalized spacial score (nSPS) is 19.0. The highest BCUT2D eigenvalue weighted by Crippen LogP contribution is 2.19. The lowest BCUT2D eigenvalue weighted by Crippen LogP contribution is -2.52. The number of carbonyl (C=O) groups is 1. The number of fused-ring (bicyclic) bond motifs is 1. The third kappa shape index (κ3) is 2.34. The smallest absolute Gasteiger partial charge is 0.255 e. The van der Waals surface area contributed by atoms with Crippen LogP contribution in [-0.4, -0.2) is 41.1 Å². The molecule has 0 radical (unpaired) electrons. The van der Waals surface area contributed by atoms with E-state index in [2.05, 4.69) is 5.32 Å². The van der Waals surface area contributed by atoms with Crippen LogP contribution in [-0.2, 0) is 7.05 Å². The van der Waals surface area contributed by atoms with Crippen molar-refractivity contribution in [3.63, 3.8) is 0 Å².